The van der Waals surface area contributed by atoms with Crippen LogP contribution in [-0.4, -0.2) is 52.9 Å². The molecule has 166 valence electrons. The summed E-state index contributed by atoms with van der Waals surface area (Å²) in [4.78, 5) is 18.6. The van der Waals surface area contributed by atoms with Gasteiger partial charge in [0.25, 0.3) is 0 Å². The highest BCUT2D eigenvalue weighted by molar-refractivity contribution is 7.80. The minimum Gasteiger partial charge on any atom is -0.465 e. The predicted octanol–water partition coefficient (Wildman–Crippen LogP) is 3.67. The summed E-state index contributed by atoms with van der Waals surface area (Å²) in [5, 5.41) is 4.18. The molecular weight excluding hydrogens is 424 g/mol. The summed E-state index contributed by atoms with van der Waals surface area (Å²) in [5.41, 5.74) is 3.48. The minimum absolute atomic E-state index is 0.0514. The lowest BCUT2D eigenvalue weighted by Gasteiger charge is -2.29. The van der Waals surface area contributed by atoms with Crippen molar-refractivity contribution in [1.29, 1.82) is 0 Å². The number of carbonyl (C=O) groups is 1. The third kappa shape index (κ3) is 4.37. The first-order chi connectivity index (χ1) is 15.6. The van der Waals surface area contributed by atoms with E-state index in [1.54, 1.807) is 25.4 Å². The molecule has 0 saturated carbocycles. The Morgan fingerprint density at radius 1 is 1.12 bits per heavy atom. The third-order valence-corrected chi connectivity index (χ3v) is 5.95. The number of nitrogens with one attached hydrogen (secondary N) is 1. The molecule has 8 heteroatoms. The fraction of sp³-hybridized carbons (Fsp3) is 0.292. The van der Waals surface area contributed by atoms with Crippen LogP contribution < -0.4 is 5.32 Å². The number of hydrogen-bond acceptors (Lipinski definition) is 5. The zero-order chi connectivity index (χ0) is 22.5. The van der Waals surface area contributed by atoms with Crippen molar-refractivity contribution < 1.29 is 14.3 Å². The largest absolute Gasteiger partial charge is 0.465 e. The first-order valence-electron chi connectivity index (χ1n) is 10.5. The first-order valence-corrected chi connectivity index (χ1v) is 10.9. The van der Waals surface area contributed by atoms with Crippen LogP contribution in [0, 0.1) is 0 Å². The molecule has 1 aromatic carbocycles. The van der Waals surface area contributed by atoms with E-state index in [1.807, 2.05) is 42.6 Å². The highest BCUT2D eigenvalue weighted by Gasteiger charge is 2.40. The molecule has 1 saturated heterocycles. The van der Waals surface area contributed by atoms with Crippen molar-refractivity contribution in [1.82, 2.24) is 19.8 Å². The van der Waals surface area contributed by atoms with Gasteiger partial charge in [-0.15, -0.1) is 0 Å². The number of esters is 1. The Labute approximate surface area is 193 Å². The molecule has 4 rings (SSSR count). The quantitative estimate of drug-likeness (QED) is 0.319. The first kappa shape index (κ1) is 22.0. The highest BCUT2D eigenvalue weighted by Crippen LogP contribution is 2.39. The SMILES string of the molecule is COCCCN1C(=S)N[C@H](c2ccccn2)[C@@H]1c1cccn1-c1ccc(C(=O)OC)cc1. The maximum Gasteiger partial charge on any atom is 0.337 e. The van der Waals surface area contributed by atoms with Crippen LogP contribution in [0.3, 0.4) is 0 Å². The Hall–Kier alpha value is -3.23. The molecule has 1 aliphatic rings. The molecule has 2 aromatic heterocycles. The van der Waals surface area contributed by atoms with Gasteiger partial charge in [-0.3, -0.25) is 4.98 Å². The van der Waals surface area contributed by atoms with Crippen molar-refractivity contribution in [2.45, 2.75) is 18.5 Å². The molecule has 0 radical (unpaired) electrons. The molecule has 1 fully saturated rings. The number of nitrogens with zero attached hydrogens (tertiary/aromatic N) is 3. The van der Waals surface area contributed by atoms with Crippen LogP contribution in [0.15, 0.2) is 67.0 Å². The van der Waals surface area contributed by atoms with E-state index in [0.29, 0.717) is 17.3 Å². The summed E-state index contributed by atoms with van der Waals surface area (Å²) in [6, 6.07) is 17.3. The fourth-order valence-electron chi connectivity index (χ4n) is 4.09. The number of carbonyl (C=O) groups excluding carboxylic acids is 1. The number of benzene rings is 1. The van der Waals surface area contributed by atoms with Gasteiger partial charge in [0.05, 0.1) is 30.5 Å². The second kappa shape index (κ2) is 9.93. The monoisotopic (exact) mass is 450 g/mol. The fourth-order valence-corrected chi connectivity index (χ4v) is 4.43. The van der Waals surface area contributed by atoms with Gasteiger partial charge in [-0.05, 0) is 67.2 Å². The molecule has 3 heterocycles. The normalized spacial score (nSPS) is 17.9. The van der Waals surface area contributed by atoms with E-state index in [1.165, 1.54) is 7.11 Å². The van der Waals surface area contributed by atoms with Crippen molar-refractivity contribution in [3.05, 3.63) is 83.9 Å². The molecule has 1 aliphatic heterocycles. The number of pyridine rings is 1. The summed E-state index contributed by atoms with van der Waals surface area (Å²) in [6.45, 7) is 1.43. The molecule has 0 aliphatic carbocycles. The predicted molar refractivity (Wildman–Crippen MR) is 126 cm³/mol. The van der Waals surface area contributed by atoms with Crippen molar-refractivity contribution in [3.8, 4) is 5.69 Å². The maximum atomic E-state index is 11.8. The van der Waals surface area contributed by atoms with Crippen LogP contribution in [0.4, 0.5) is 0 Å². The van der Waals surface area contributed by atoms with Crippen molar-refractivity contribution in [3.63, 3.8) is 0 Å². The number of rotatable bonds is 8. The van der Waals surface area contributed by atoms with Gasteiger partial charge in [0.15, 0.2) is 5.11 Å². The number of ether oxygens (including phenoxy) is 2. The van der Waals surface area contributed by atoms with E-state index >= 15 is 0 Å². The lowest BCUT2D eigenvalue weighted by Crippen LogP contribution is -2.32. The third-order valence-electron chi connectivity index (χ3n) is 5.60. The molecule has 32 heavy (non-hydrogen) atoms. The zero-order valence-corrected chi connectivity index (χ0v) is 18.9. The molecule has 1 N–H and O–H groups in total. The van der Waals surface area contributed by atoms with Gasteiger partial charge < -0.3 is 24.3 Å². The van der Waals surface area contributed by atoms with Crippen LogP contribution in [0.25, 0.3) is 5.69 Å². The van der Waals surface area contributed by atoms with Crippen molar-refractivity contribution >= 4 is 23.3 Å². The van der Waals surface area contributed by atoms with Gasteiger partial charge in [-0.1, -0.05) is 6.07 Å². The second-order valence-corrected chi connectivity index (χ2v) is 7.89. The molecular formula is C24H26N4O3S. The second-order valence-electron chi connectivity index (χ2n) is 7.51. The van der Waals surface area contributed by atoms with Gasteiger partial charge in [0.1, 0.15) is 0 Å². The van der Waals surface area contributed by atoms with Crippen molar-refractivity contribution in [2.24, 2.45) is 0 Å². The average molecular weight is 451 g/mol. The summed E-state index contributed by atoms with van der Waals surface area (Å²) >= 11 is 5.72. The van der Waals surface area contributed by atoms with Crippen LogP contribution in [0.2, 0.25) is 0 Å². The Morgan fingerprint density at radius 3 is 2.62 bits per heavy atom. The Morgan fingerprint density at radius 2 is 1.94 bits per heavy atom. The molecule has 0 spiro atoms. The van der Waals surface area contributed by atoms with Gasteiger partial charge in [-0.25, -0.2) is 4.79 Å². The van der Waals surface area contributed by atoms with Gasteiger partial charge in [0, 0.05) is 44.0 Å². The molecule has 7 nitrogen and oxygen atoms in total. The minimum atomic E-state index is -0.353. The highest BCUT2D eigenvalue weighted by atomic mass is 32.1. The van der Waals surface area contributed by atoms with Gasteiger partial charge in [0.2, 0.25) is 0 Å². The molecule has 0 unspecified atom stereocenters. The summed E-state index contributed by atoms with van der Waals surface area (Å²) in [6.07, 6.45) is 4.68. The summed E-state index contributed by atoms with van der Waals surface area (Å²) in [7, 11) is 3.09. The lowest BCUT2D eigenvalue weighted by molar-refractivity contribution is 0.0600. The zero-order valence-electron chi connectivity index (χ0n) is 18.1. The number of aromatic nitrogens is 2. The lowest BCUT2D eigenvalue weighted by atomic mass is 10.0. The van der Waals surface area contributed by atoms with Crippen LogP contribution in [0.1, 0.15) is 40.3 Å². The molecule has 0 amide bonds. The molecule has 0 bridgehead atoms. The number of hydrogen-bond donors (Lipinski definition) is 1. The molecule has 2 atom stereocenters. The van der Waals surface area contributed by atoms with Gasteiger partial charge >= 0.3 is 5.97 Å². The Balaban J connectivity index is 1.72. The van der Waals surface area contributed by atoms with Crippen molar-refractivity contribution in [2.75, 3.05) is 27.4 Å². The van der Waals surface area contributed by atoms with E-state index < -0.39 is 0 Å². The summed E-state index contributed by atoms with van der Waals surface area (Å²) < 4.78 is 12.2. The number of thiocarbonyl (C=S) groups is 1. The maximum absolute atomic E-state index is 11.8. The topological polar surface area (TPSA) is 68.6 Å². The van der Waals surface area contributed by atoms with Crippen LogP contribution >= 0.6 is 12.2 Å². The Kier molecular flexibility index (Phi) is 6.82. The average Bonchev–Trinajstić information content (AvgIpc) is 3.44. The van der Waals surface area contributed by atoms with E-state index in [-0.39, 0.29) is 18.1 Å². The van der Waals surface area contributed by atoms with E-state index in [2.05, 4.69) is 25.8 Å². The summed E-state index contributed by atoms with van der Waals surface area (Å²) in [5.74, 6) is -0.353. The number of methoxy groups -OCH3 is 2. The molecule has 3 aromatic rings. The van der Waals surface area contributed by atoms with E-state index in [0.717, 1.165) is 30.0 Å². The van der Waals surface area contributed by atoms with E-state index in [4.69, 9.17) is 21.7 Å². The Bertz CT molecular complexity index is 1070. The van der Waals surface area contributed by atoms with Crippen LogP contribution in [0.5, 0.6) is 0 Å². The standard InChI is InChI=1S/C24H26N4O3S/c1-30-16-6-15-28-22(21(26-24(28)32)19-7-3-4-13-25-19)20-8-5-14-27(20)18-11-9-17(10-12-18)23(29)31-2/h3-5,7-14,21-22H,6,15-16H2,1-2H3,(H,26,32)/t21-,22+/m1/s1. The smallest absolute Gasteiger partial charge is 0.337 e. The van der Waals surface area contributed by atoms with Crippen LogP contribution in [-0.2, 0) is 9.47 Å². The van der Waals surface area contributed by atoms with Gasteiger partial charge in [-0.2, -0.15) is 0 Å². The van der Waals surface area contributed by atoms with E-state index in [9.17, 15) is 4.79 Å².